The van der Waals surface area contributed by atoms with Crippen molar-refractivity contribution in [3.8, 4) is 0 Å². The number of carbonyl (C=O) groups is 1. The number of hydrogen-bond acceptors (Lipinski definition) is 5. The van der Waals surface area contributed by atoms with Gasteiger partial charge in [-0.15, -0.1) is 0 Å². The maximum Gasteiger partial charge on any atom is 0.421 e. The van der Waals surface area contributed by atoms with Gasteiger partial charge in [-0.05, 0) is 19.1 Å². The maximum atomic E-state index is 13.2. The van der Waals surface area contributed by atoms with Gasteiger partial charge in [-0.2, -0.15) is 18.2 Å². The zero-order valence-corrected chi connectivity index (χ0v) is 14.5. The van der Waals surface area contributed by atoms with Crippen LogP contribution in [0.2, 0.25) is 0 Å². The minimum absolute atomic E-state index is 0.108. The fourth-order valence-corrected chi connectivity index (χ4v) is 2.31. The molecule has 1 aromatic heterocycles. The molecule has 0 atom stereocenters. The molecule has 140 valence electrons. The number of amides is 1. The summed E-state index contributed by atoms with van der Waals surface area (Å²) in [4.78, 5) is 20.5. The van der Waals surface area contributed by atoms with Crippen molar-refractivity contribution in [3.63, 3.8) is 0 Å². The molecule has 9 heteroatoms. The van der Waals surface area contributed by atoms with Gasteiger partial charge in [0.25, 0.3) is 0 Å². The summed E-state index contributed by atoms with van der Waals surface area (Å²) >= 11 is 0. The van der Waals surface area contributed by atoms with Gasteiger partial charge in [0.1, 0.15) is 11.4 Å². The highest BCUT2D eigenvalue weighted by molar-refractivity contribution is 5.72. The van der Waals surface area contributed by atoms with Gasteiger partial charge in [-0.3, -0.25) is 4.79 Å². The van der Waals surface area contributed by atoms with Gasteiger partial charge in [0.2, 0.25) is 11.9 Å². The molecule has 0 unspecified atom stereocenters. The number of aromatic nitrogens is 2. The van der Waals surface area contributed by atoms with E-state index in [0.29, 0.717) is 6.54 Å². The fraction of sp³-hybridized carbons (Fsp3) is 0.353. The Morgan fingerprint density at radius 3 is 2.46 bits per heavy atom. The van der Waals surface area contributed by atoms with Crippen LogP contribution in [0.25, 0.3) is 0 Å². The number of para-hydroxylation sites is 1. The number of halogens is 3. The second-order valence-corrected chi connectivity index (χ2v) is 5.42. The quantitative estimate of drug-likeness (QED) is 0.736. The van der Waals surface area contributed by atoms with E-state index in [9.17, 15) is 18.0 Å². The minimum Gasteiger partial charge on any atom is -0.368 e. The Balaban J connectivity index is 2.30. The number of rotatable bonds is 7. The molecule has 0 saturated carbocycles. The van der Waals surface area contributed by atoms with E-state index in [1.165, 1.54) is 6.92 Å². The molecule has 2 rings (SSSR count). The lowest BCUT2D eigenvalue weighted by Gasteiger charge is -2.22. The first-order valence-corrected chi connectivity index (χ1v) is 8.08. The minimum atomic E-state index is -4.58. The van der Waals surface area contributed by atoms with Crippen LogP contribution in [0.4, 0.5) is 30.6 Å². The zero-order valence-electron chi connectivity index (χ0n) is 14.5. The summed E-state index contributed by atoms with van der Waals surface area (Å²) in [5, 5.41) is 5.15. The summed E-state index contributed by atoms with van der Waals surface area (Å²) in [5.41, 5.74) is -0.174. The van der Waals surface area contributed by atoms with Gasteiger partial charge in [-0.25, -0.2) is 4.98 Å². The molecule has 2 N–H and O–H groups in total. The van der Waals surface area contributed by atoms with Gasteiger partial charge in [0.15, 0.2) is 0 Å². The van der Waals surface area contributed by atoms with Crippen molar-refractivity contribution in [2.24, 2.45) is 0 Å². The topological polar surface area (TPSA) is 70.2 Å². The van der Waals surface area contributed by atoms with Crippen LogP contribution in [0.1, 0.15) is 19.4 Å². The van der Waals surface area contributed by atoms with Crippen molar-refractivity contribution in [2.75, 3.05) is 29.9 Å². The standard InChI is InChI=1S/C17H20F3N5O/c1-3-25(13-7-5-4-6-8-13)16-23-11-14(17(18,19)20)15(24-16)22-10-9-21-12(2)26/h4-8,11H,3,9-10H2,1-2H3,(H,21,26)(H,22,23,24). The number of nitrogens with zero attached hydrogens (tertiary/aromatic N) is 3. The number of carbonyl (C=O) groups excluding carboxylic acids is 1. The van der Waals surface area contributed by atoms with Crippen LogP contribution in [-0.2, 0) is 11.0 Å². The average Bonchev–Trinajstić information content (AvgIpc) is 2.59. The summed E-state index contributed by atoms with van der Waals surface area (Å²) < 4.78 is 39.7. The highest BCUT2D eigenvalue weighted by atomic mass is 19.4. The van der Waals surface area contributed by atoms with Crippen molar-refractivity contribution >= 4 is 23.4 Å². The number of hydrogen-bond donors (Lipinski definition) is 2. The number of nitrogens with one attached hydrogen (secondary N) is 2. The van der Waals surface area contributed by atoms with E-state index in [2.05, 4.69) is 20.6 Å². The Labute approximate surface area is 149 Å². The van der Waals surface area contributed by atoms with Gasteiger partial charge in [0.05, 0.1) is 0 Å². The molecular weight excluding hydrogens is 347 g/mol. The number of benzene rings is 1. The van der Waals surface area contributed by atoms with Gasteiger partial charge >= 0.3 is 6.18 Å². The molecule has 0 spiro atoms. The summed E-state index contributed by atoms with van der Waals surface area (Å²) in [6.45, 7) is 3.97. The van der Waals surface area contributed by atoms with E-state index in [-0.39, 0.29) is 30.8 Å². The fourth-order valence-electron chi connectivity index (χ4n) is 2.31. The first-order valence-electron chi connectivity index (χ1n) is 8.08. The second-order valence-electron chi connectivity index (χ2n) is 5.42. The molecule has 26 heavy (non-hydrogen) atoms. The van der Waals surface area contributed by atoms with Crippen molar-refractivity contribution in [3.05, 3.63) is 42.1 Å². The van der Waals surface area contributed by atoms with Crippen molar-refractivity contribution in [2.45, 2.75) is 20.0 Å². The molecule has 0 aliphatic carbocycles. The second kappa shape index (κ2) is 8.50. The molecule has 2 aromatic rings. The third kappa shape index (κ3) is 5.08. The highest BCUT2D eigenvalue weighted by Crippen LogP contribution is 2.34. The lowest BCUT2D eigenvalue weighted by atomic mass is 10.2. The first-order chi connectivity index (χ1) is 12.3. The summed E-state index contributed by atoms with van der Waals surface area (Å²) in [6, 6.07) is 9.16. The Kier molecular flexibility index (Phi) is 6.37. The van der Waals surface area contributed by atoms with E-state index in [0.717, 1.165) is 11.9 Å². The Hall–Kier alpha value is -2.84. The predicted octanol–water partition coefficient (Wildman–Crippen LogP) is 3.20. The number of alkyl halides is 3. The van der Waals surface area contributed by atoms with Crippen LogP contribution in [0.15, 0.2) is 36.5 Å². The van der Waals surface area contributed by atoms with Crippen molar-refractivity contribution in [1.82, 2.24) is 15.3 Å². The third-order valence-electron chi connectivity index (χ3n) is 3.50. The summed E-state index contributed by atoms with van der Waals surface area (Å²) in [6.07, 6.45) is -3.81. The molecule has 0 radical (unpaired) electrons. The van der Waals surface area contributed by atoms with Crippen LogP contribution in [-0.4, -0.2) is 35.5 Å². The van der Waals surface area contributed by atoms with Gasteiger partial charge in [-0.1, -0.05) is 18.2 Å². The Morgan fingerprint density at radius 1 is 1.19 bits per heavy atom. The average molecular weight is 367 g/mol. The molecule has 0 saturated heterocycles. The van der Waals surface area contributed by atoms with E-state index in [4.69, 9.17) is 0 Å². The number of anilines is 3. The zero-order chi connectivity index (χ0) is 19.2. The van der Waals surface area contributed by atoms with Crippen LogP contribution in [0, 0.1) is 0 Å². The van der Waals surface area contributed by atoms with E-state index in [1.807, 2.05) is 37.3 Å². The smallest absolute Gasteiger partial charge is 0.368 e. The molecule has 0 aliphatic heterocycles. The molecule has 0 bridgehead atoms. The molecule has 6 nitrogen and oxygen atoms in total. The van der Waals surface area contributed by atoms with Gasteiger partial charge in [0, 0.05) is 38.4 Å². The highest BCUT2D eigenvalue weighted by Gasteiger charge is 2.35. The molecule has 1 amide bonds. The van der Waals surface area contributed by atoms with Crippen LogP contribution in [0.3, 0.4) is 0 Å². The summed E-state index contributed by atoms with van der Waals surface area (Å²) in [5.74, 6) is -0.414. The lowest BCUT2D eigenvalue weighted by molar-refractivity contribution is -0.137. The SMILES string of the molecule is CCN(c1ccccc1)c1ncc(C(F)(F)F)c(NCCNC(C)=O)n1. The molecule has 0 aliphatic rings. The predicted molar refractivity (Wildman–Crippen MR) is 93.3 cm³/mol. The molecule has 1 heterocycles. The normalized spacial score (nSPS) is 11.1. The largest absolute Gasteiger partial charge is 0.421 e. The third-order valence-corrected chi connectivity index (χ3v) is 3.50. The first kappa shape index (κ1) is 19.5. The Morgan fingerprint density at radius 2 is 1.88 bits per heavy atom. The van der Waals surface area contributed by atoms with Crippen LogP contribution >= 0.6 is 0 Å². The summed E-state index contributed by atoms with van der Waals surface area (Å²) in [7, 11) is 0. The van der Waals surface area contributed by atoms with E-state index >= 15 is 0 Å². The lowest BCUT2D eigenvalue weighted by Crippen LogP contribution is -2.27. The Bertz CT molecular complexity index is 737. The molecule has 1 aromatic carbocycles. The van der Waals surface area contributed by atoms with Crippen molar-refractivity contribution < 1.29 is 18.0 Å². The van der Waals surface area contributed by atoms with Gasteiger partial charge < -0.3 is 15.5 Å². The molecule has 0 fully saturated rings. The monoisotopic (exact) mass is 367 g/mol. The molecular formula is C17H20F3N5O. The van der Waals surface area contributed by atoms with Crippen LogP contribution < -0.4 is 15.5 Å². The van der Waals surface area contributed by atoms with E-state index in [1.54, 1.807) is 4.90 Å². The van der Waals surface area contributed by atoms with E-state index < -0.39 is 11.7 Å². The maximum absolute atomic E-state index is 13.2. The van der Waals surface area contributed by atoms with Crippen molar-refractivity contribution in [1.29, 1.82) is 0 Å². The van der Waals surface area contributed by atoms with Crippen LogP contribution in [0.5, 0.6) is 0 Å².